The summed E-state index contributed by atoms with van der Waals surface area (Å²) in [7, 11) is 1.63. The first-order chi connectivity index (χ1) is 12.3. The lowest BCUT2D eigenvalue weighted by Gasteiger charge is -2.25. The highest BCUT2D eigenvalue weighted by Crippen LogP contribution is 2.27. The summed E-state index contributed by atoms with van der Waals surface area (Å²) in [4.78, 5) is 18.3. The molecule has 1 saturated heterocycles. The molecule has 4 heteroatoms. The molecule has 1 unspecified atom stereocenters. The molecule has 1 amide bonds. The van der Waals surface area contributed by atoms with E-state index in [0.29, 0.717) is 0 Å². The van der Waals surface area contributed by atoms with E-state index < -0.39 is 0 Å². The fourth-order valence-corrected chi connectivity index (χ4v) is 3.77. The van der Waals surface area contributed by atoms with Gasteiger partial charge in [0.05, 0.1) is 7.11 Å². The van der Waals surface area contributed by atoms with Gasteiger partial charge >= 0.3 is 0 Å². The fourth-order valence-electron chi connectivity index (χ4n) is 3.77. The Morgan fingerprint density at radius 1 is 1.20 bits per heavy atom. The van der Waals surface area contributed by atoms with Crippen molar-refractivity contribution in [2.45, 2.75) is 25.3 Å². The Balaban J connectivity index is 1.54. The molecule has 1 aromatic heterocycles. The van der Waals surface area contributed by atoms with Gasteiger partial charge in [-0.2, -0.15) is 0 Å². The summed E-state index contributed by atoms with van der Waals surface area (Å²) in [5, 5.41) is 1.26. The highest BCUT2D eigenvalue weighted by atomic mass is 16.5. The predicted octanol–water partition coefficient (Wildman–Crippen LogP) is 4.02. The molecule has 25 heavy (non-hydrogen) atoms. The smallest absolute Gasteiger partial charge is 0.254 e. The Kier molecular flexibility index (Phi) is 4.18. The lowest BCUT2D eigenvalue weighted by Crippen LogP contribution is -2.36. The van der Waals surface area contributed by atoms with Crippen LogP contribution >= 0.6 is 0 Å². The van der Waals surface area contributed by atoms with Crippen LogP contribution in [0.2, 0.25) is 0 Å². The molecule has 4 rings (SSSR count). The Labute approximate surface area is 147 Å². The summed E-state index contributed by atoms with van der Waals surface area (Å²) < 4.78 is 5.18. The van der Waals surface area contributed by atoms with E-state index in [1.807, 2.05) is 35.2 Å². The van der Waals surface area contributed by atoms with Crippen molar-refractivity contribution in [3.8, 4) is 5.75 Å². The lowest BCUT2D eigenvalue weighted by atomic mass is 10.0. The van der Waals surface area contributed by atoms with Crippen molar-refractivity contribution in [1.82, 2.24) is 9.88 Å². The minimum Gasteiger partial charge on any atom is -0.497 e. The van der Waals surface area contributed by atoms with Gasteiger partial charge in [0, 0.05) is 35.2 Å². The third-order valence-electron chi connectivity index (χ3n) is 5.11. The minimum atomic E-state index is 0.116. The molecule has 1 aliphatic rings. The number of likely N-dealkylation sites (tertiary alicyclic amines) is 1. The maximum absolute atomic E-state index is 12.9. The predicted molar refractivity (Wildman–Crippen MR) is 99.1 cm³/mol. The number of aromatic nitrogens is 1. The summed E-state index contributed by atoms with van der Waals surface area (Å²) >= 11 is 0. The van der Waals surface area contributed by atoms with Crippen LogP contribution in [0.3, 0.4) is 0 Å². The van der Waals surface area contributed by atoms with Crippen molar-refractivity contribution >= 4 is 16.8 Å². The van der Waals surface area contributed by atoms with Crippen LogP contribution < -0.4 is 4.74 Å². The Hall–Kier alpha value is -2.75. The number of hydrogen-bond acceptors (Lipinski definition) is 2. The molecule has 0 radical (unpaired) electrons. The third kappa shape index (κ3) is 3.00. The van der Waals surface area contributed by atoms with Gasteiger partial charge in [-0.25, -0.2) is 0 Å². The fraction of sp³-hybridized carbons (Fsp3) is 0.286. The average molecular weight is 334 g/mol. The monoisotopic (exact) mass is 334 g/mol. The molecule has 0 aliphatic carbocycles. The standard InChI is InChI=1S/C21H22N2O2/c1-25-18-10-8-15(9-11-18)21(24)23-12-4-5-17(23)13-16-14-22-20-7-3-2-6-19(16)20/h2-3,6-11,14,17,22H,4-5,12-13H2,1H3. The van der Waals surface area contributed by atoms with Crippen LogP contribution in [0.5, 0.6) is 5.75 Å². The summed E-state index contributed by atoms with van der Waals surface area (Å²) in [6, 6.07) is 16.0. The zero-order chi connectivity index (χ0) is 17.2. The van der Waals surface area contributed by atoms with E-state index in [1.54, 1.807) is 7.11 Å². The van der Waals surface area contributed by atoms with E-state index in [2.05, 4.69) is 29.4 Å². The van der Waals surface area contributed by atoms with Crippen molar-refractivity contribution in [3.05, 3.63) is 65.9 Å². The number of hydrogen-bond donors (Lipinski definition) is 1. The number of rotatable bonds is 4. The van der Waals surface area contributed by atoms with Gasteiger partial charge in [-0.15, -0.1) is 0 Å². The molecule has 4 nitrogen and oxygen atoms in total. The number of benzene rings is 2. The van der Waals surface area contributed by atoms with E-state index in [9.17, 15) is 4.79 Å². The number of fused-ring (bicyclic) bond motifs is 1. The Bertz CT molecular complexity index is 882. The largest absolute Gasteiger partial charge is 0.497 e. The van der Waals surface area contributed by atoms with E-state index in [0.717, 1.165) is 42.6 Å². The SMILES string of the molecule is COc1ccc(C(=O)N2CCCC2Cc2c[nH]c3ccccc23)cc1. The molecule has 2 aromatic carbocycles. The molecular formula is C21H22N2O2. The number of carbonyl (C=O) groups is 1. The Morgan fingerprint density at radius 2 is 2.00 bits per heavy atom. The van der Waals surface area contributed by atoms with Crippen LogP contribution in [-0.2, 0) is 6.42 Å². The number of aromatic amines is 1. The lowest BCUT2D eigenvalue weighted by molar-refractivity contribution is 0.0736. The third-order valence-corrected chi connectivity index (χ3v) is 5.11. The summed E-state index contributed by atoms with van der Waals surface area (Å²) in [5.74, 6) is 0.887. The molecule has 0 bridgehead atoms. The number of nitrogens with one attached hydrogen (secondary N) is 1. The van der Waals surface area contributed by atoms with Crippen molar-refractivity contribution in [2.75, 3.05) is 13.7 Å². The van der Waals surface area contributed by atoms with Gasteiger partial charge in [-0.1, -0.05) is 18.2 Å². The Morgan fingerprint density at radius 3 is 2.80 bits per heavy atom. The highest BCUT2D eigenvalue weighted by Gasteiger charge is 2.30. The van der Waals surface area contributed by atoms with Crippen LogP contribution in [0.4, 0.5) is 0 Å². The summed E-state index contributed by atoms with van der Waals surface area (Å²) in [6.07, 6.45) is 5.10. The molecular weight excluding hydrogens is 312 g/mol. The van der Waals surface area contributed by atoms with Gasteiger partial charge in [0.1, 0.15) is 5.75 Å². The first-order valence-electron chi connectivity index (χ1n) is 8.76. The topological polar surface area (TPSA) is 45.3 Å². The number of methoxy groups -OCH3 is 1. The van der Waals surface area contributed by atoms with Gasteiger partial charge < -0.3 is 14.6 Å². The van der Waals surface area contributed by atoms with E-state index in [4.69, 9.17) is 4.74 Å². The number of amides is 1. The van der Waals surface area contributed by atoms with Crippen LogP contribution in [0.15, 0.2) is 54.7 Å². The zero-order valence-corrected chi connectivity index (χ0v) is 14.4. The van der Waals surface area contributed by atoms with Crippen LogP contribution in [0.25, 0.3) is 10.9 Å². The molecule has 3 aromatic rings. The molecule has 1 aliphatic heterocycles. The van der Waals surface area contributed by atoms with Gasteiger partial charge in [-0.3, -0.25) is 4.79 Å². The van der Waals surface area contributed by atoms with Crippen molar-refractivity contribution in [2.24, 2.45) is 0 Å². The quantitative estimate of drug-likeness (QED) is 0.783. The second-order valence-corrected chi connectivity index (χ2v) is 6.59. The molecule has 2 heterocycles. The second-order valence-electron chi connectivity index (χ2n) is 6.59. The van der Waals surface area contributed by atoms with Crippen molar-refractivity contribution in [3.63, 3.8) is 0 Å². The first kappa shape index (κ1) is 15.8. The van der Waals surface area contributed by atoms with Gasteiger partial charge in [-0.05, 0) is 55.2 Å². The number of carbonyl (C=O) groups excluding carboxylic acids is 1. The molecule has 0 saturated carbocycles. The van der Waals surface area contributed by atoms with Crippen molar-refractivity contribution < 1.29 is 9.53 Å². The summed E-state index contributed by atoms with van der Waals surface area (Å²) in [5.41, 5.74) is 3.17. The molecule has 1 atom stereocenters. The van der Waals surface area contributed by atoms with Gasteiger partial charge in [0.2, 0.25) is 0 Å². The van der Waals surface area contributed by atoms with Crippen LogP contribution in [-0.4, -0.2) is 35.5 Å². The number of H-pyrrole nitrogens is 1. The normalized spacial score (nSPS) is 17.2. The highest BCUT2D eigenvalue weighted by molar-refractivity contribution is 5.94. The second kappa shape index (κ2) is 6.63. The van der Waals surface area contributed by atoms with Gasteiger partial charge in [0.25, 0.3) is 5.91 Å². The van der Waals surface area contributed by atoms with Gasteiger partial charge in [0.15, 0.2) is 0 Å². The average Bonchev–Trinajstić information content (AvgIpc) is 3.29. The van der Waals surface area contributed by atoms with E-state index >= 15 is 0 Å². The number of para-hydroxylation sites is 1. The summed E-state index contributed by atoms with van der Waals surface area (Å²) in [6.45, 7) is 0.831. The molecule has 1 fully saturated rings. The maximum Gasteiger partial charge on any atom is 0.254 e. The van der Waals surface area contributed by atoms with E-state index in [1.165, 1.54) is 10.9 Å². The molecule has 1 N–H and O–H groups in total. The molecule has 0 spiro atoms. The zero-order valence-electron chi connectivity index (χ0n) is 14.4. The first-order valence-corrected chi connectivity index (χ1v) is 8.76. The van der Waals surface area contributed by atoms with Crippen molar-refractivity contribution in [1.29, 1.82) is 0 Å². The van der Waals surface area contributed by atoms with Crippen LogP contribution in [0.1, 0.15) is 28.8 Å². The molecule has 128 valence electrons. The number of ether oxygens (including phenoxy) is 1. The maximum atomic E-state index is 12.9. The van der Waals surface area contributed by atoms with Crippen LogP contribution in [0, 0.1) is 0 Å². The minimum absolute atomic E-state index is 0.116. The van der Waals surface area contributed by atoms with E-state index in [-0.39, 0.29) is 11.9 Å². The number of nitrogens with zero attached hydrogens (tertiary/aromatic N) is 1.